The van der Waals surface area contributed by atoms with Crippen LogP contribution in [0.15, 0.2) is 12.3 Å². The van der Waals surface area contributed by atoms with Crippen LogP contribution in [0.25, 0.3) is 0 Å². The van der Waals surface area contributed by atoms with Gasteiger partial charge in [-0.25, -0.2) is 4.98 Å². The van der Waals surface area contributed by atoms with E-state index in [4.69, 9.17) is 11.6 Å². The van der Waals surface area contributed by atoms with Crippen molar-refractivity contribution in [3.8, 4) is 0 Å². The van der Waals surface area contributed by atoms with E-state index in [1.165, 1.54) is 25.1 Å². The minimum Gasteiger partial charge on any atom is -0.351 e. The van der Waals surface area contributed by atoms with Gasteiger partial charge in [0.05, 0.1) is 9.95 Å². The first-order valence-electron chi connectivity index (χ1n) is 6.83. The van der Waals surface area contributed by atoms with Crippen molar-refractivity contribution in [3.63, 3.8) is 0 Å². The van der Waals surface area contributed by atoms with Crippen LogP contribution in [0.5, 0.6) is 0 Å². The lowest BCUT2D eigenvalue weighted by Gasteiger charge is -2.35. The molecule has 2 saturated heterocycles. The molecule has 0 saturated carbocycles. The highest BCUT2D eigenvalue weighted by molar-refractivity contribution is 6.30. The summed E-state index contributed by atoms with van der Waals surface area (Å²) in [5.74, 6) is 0.408. The van der Waals surface area contributed by atoms with Crippen molar-refractivity contribution < 1.29 is 4.92 Å². The first kappa shape index (κ1) is 13.6. The number of piperidine rings is 1. The summed E-state index contributed by atoms with van der Waals surface area (Å²) in [5.41, 5.74) is -0.0223. The molecule has 3 heterocycles. The lowest BCUT2D eigenvalue weighted by molar-refractivity contribution is -0.384. The van der Waals surface area contributed by atoms with Crippen LogP contribution in [0, 0.1) is 10.1 Å². The summed E-state index contributed by atoms with van der Waals surface area (Å²) in [4.78, 5) is 16.9. The van der Waals surface area contributed by atoms with Gasteiger partial charge in [-0.1, -0.05) is 11.6 Å². The summed E-state index contributed by atoms with van der Waals surface area (Å²) in [6.45, 7) is 0. The van der Waals surface area contributed by atoms with Crippen molar-refractivity contribution in [2.75, 3.05) is 11.9 Å². The lowest BCUT2D eigenvalue weighted by atomic mass is 9.98. The highest BCUT2D eigenvalue weighted by Crippen LogP contribution is 2.34. The second-order valence-corrected chi connectivity index (χ2v) is 6.06. The number of hydrogen-bond acceptors (Lipinski definition) is 5. The molecule has 1 N–H and O–H groups in total. The summed E-state index contributed by atoms with van der Waals surface area (Å²) in [6, 6.07) is 2.73. The largest absolute Gasteiger partial charge is 0.351 e. The van der Waals surface area contributed by atoms with Gasteiger partial charge in [0.2, 0.25) is 5.82 Å². The lowest BCUT2D eigenvalue weighted by Crippen LogP contribution is -2.47. The summed E-state index contributed by atoms with van der Waals surface area (Å²) in [5, 5.41) is 15.0. The maximum Gasteiger partial charge on any atom is 0.313 e. The number of nitrogens with one attached hydrogen (secondary N) is 1. The Balaban J connectivity index is 1.87. The number of hydrogen-bond donors (Lipinski definition) is 1. The first-order valence-corrected chi connectivity index (χ1v) is 7.21. The highest BCUT2D eigenvalue weighted by Gasteiger charge is 2.36. The van der Waals surface area contributed by atoms with Crippen molar-refractivity contribution in [2.24, 2.45) is 0 Å². The van der Waals surface area contributed by atoms with Crippen LogP contribution in [0.2, 0.25) is 5.02 Å². The van der Waals surface area contributed by atoms with Crippen LogP contribution in [0.1, 0.15) is 25.7 Å². The molecule has 2 atom stereocenters. The Labute approximate surface area is 122 Å². The van der Waals surface area contributed by atoms with E-state index in [-0.39, 0.29) is 5.69 Å². The predicted molar refractivity (Wildman–Crippen MR) is 77.3 cm³/mol. The van der Waals surface area contributed by atoms with Crippen LogP contribution in [0.3, 0.4) is 0 Å². The standard InChI is InChI=1S/C13H17ClN4O2/c1-17(11-5-9-2-3-10(6-11)16-9)13-12(18(19)20)4-8(14)7-15-13/h4,7,9-11,16H,2-3,5-6H2,1H3. The van der Waals surface area contributed by atoms with Gasteiger partial charge in [-0.15, -0.1) is 0 Å². The topological polar surface area (TPSA) is 71.3 Å². The maximum atomic E-state index is 11.2. The summed E-state index contributed by atoms with van der Waals surface area (Å²) >= 11 is 5.81. The zero-order chi connectivity index (χ0) is 14.3. The van der Waals surface area contributed by atoms with E-state index in [1.54, 1.807) is 0 Å². The number of pyridine rings is 1. The van der Waals surface area contributed by atoms with Gasteiger partial charge in [0.15, 0.2) is 0 Å². The fraction of sp³-hybridized carbons (Fsp3) is 0.615. The van der Waals surface area contributed by atoms with Crippen molar-refractivity contribution in [1.29, 1.82) is 0 Å². The quantitative estimate of drug-likeness (QED) is 0.685. The Morgan fingerprint density at radius 2 is 2.10 bits per heavy atom. The van der Waals surface area contributed by atoms with Crippen LogP contribution >= 0.6 is 11.6 Å². The van der Waals surface area contributed by atoms with E-state index >= 15 is 0 Å². The summed E-state index contributed by atoms with van der Waals surface area (Å²) < 4.78 is 0. The van der Waals surface area contributed by atoms with Crippen molar-refractivity contribution in [2.45, 2.75) is 43.8 Å². The van der Waals surface area contributed by atoms with Gasteiger partial charge in [0.1, 0.15) is 0 Å². The SMILES string of the molecule is CN(c1ncc(Cl)cc1[N+](=O)[O-])C1CC2CCC(C1)N2. The molecule has 3 rings (SSSR count). The van der Waals surface area contributed by atoms with E-state index < -0.39 is 4.92 Å². The average Bonchev–Trinajstić information content (AvgIpc) is 2.76. The molecule has 0 aromatic carbocycles. The number of aromatic nitrogens is 1. The van der Waals surface area contributed by atoms with Crippen molar-refractivity contribution >= 4 is 23.1 Å². The van der Waals surface area contributed by atoms with Gasteiger partial charge in [0.25, 0.3) is 0 Å². The van der Waals surface area contributed by atoms with E-state index in [9.17, 15) is 10.1 Å². The van der Waals surface area contributed by atoms with Crippen LogP contribution in [-0.4, -0.2) is 35.1 Å². The van der Waals surface area contributed by atoms with E-state index in [1.807, 2.05) is 11.9 Å². The van der Waals surface area contributed by atoms with Crippen molar-refractivity contribution in [3.05, 3.63) is 27.4 Å². The molecule has 2 aliphatic rings. The molecule has 2 fully saturated rings. The molecule has 7 heteroatoms. The average molecular weight is 297 g/mol. The molecule has 20 heavy (non-hydrogen) atoms. The molecule has 2 aliphatic heterocycles. The molecule has 0 radical (unpaired) electrons. The van der Waals surface area contributed by atoms with Gasteiger partial charge < -0.3 is 10.2 Å². The van der Waals surface area contributed by atoms with Crippen LogP contribution < -0.4 is 10.2 Å². The van der Waals surface area contributed by atoms with Gasteiger partial charge in [0, 0.05) is 37.4 Å². The third-order valence-corrected chi connectivity index (χ3v) is 4.55. The van der Waals surface area contributed by atoms with Crippen molar-refractivity contribution in [1.82, 2.24) is 10.3 Å². The maximum absolute atomic E-state index is 11.2. The molecular weight excluding hydrogens is 280 g/mol. The Morgan fingerprint density at radius 3 is 2.70 bits per heavy atom. The van der Waals surface area contributed by atoms with Crippen LogP contribution in [0.4, 0.5) is 11.5 Å². The molecule has 2 bridgehead atoms. The van der Waals surface area contributed by atoms with E-state index in [2.05, 4.69) is 10.3 Å². The number of anilines is 1. The Bertz CT molecular complexity index is 527. The third-order valence-electron chi connectivity index (χ3n) is 4.34. The van der Waals surface area contributed by atoms with E-state index in [0.717, 1.165) is 12.8 Å². The molecule has 6 nitrogen and oxygen atoms in total. The Hall–Kier alpha value is -1.40. The fourth-order valence-electron chi connectivity index (χ4n) is 3.34. The van der Waals surface area contributed by atoms with Gasteiger partial charge >= 0.3 is 5.69 Å². The number of halogens is 1. The predicted octanol–water partition coefficient (Wildman–Crippen LogP) is 2.36. The zero-order valence-electron chi connectivity index (χ0n) is 11.3. The number of rotatable bonds is 3. The molecule has 0 spiro atoms. The second kappa shape index (κ2) is 5.18. The van der Waals surface area contributed by atoms with E-state index in [0.29, 0.717) is 29.0 Å². The van der Waals surface area contributed by atoms with Gasteiger partial charge in [-0.3, -0.25) is 10.1 Å². The minimum atomic E-state index is -0.416. The van der Waals surface area contributed by atoms with Gasteiger partial charge in [-0.2, -0.15) is 0 Å². The molecular formula is C13H17ClN4O2. The number of nitrogens with zero attached hydrogens (tertiary/aromatic N) is 3. The Kier molecular flexibility index (Phi) is 3.52. The molecule has 108 valence electrons. The second-order valence-electron chi connectivity index (χ2n) is 5.63. The minimum absolute atomic E-state index is 0.0223. The normalized spacial score (nSPS) is 28.4. The summed E-state index contributed by atoms with van der Waals surface area (Å²) in [7, 11) is 1.89. The smallest absolute Gasteiger partial charge is 0.313 e. The monoisotopic (exact) mass is 296 g/mol. The molecule has 0 aliphatic carbocycles. The van der Waals surface area contributed by atoms with Crippen LogP contribution in [-0.2, 0) is 0 Å². The van der Waals surface area contributed by atoms with Gasteiger partial charge in [-0.05, 0) is 25.7 Å². The molecule has 2 unspecified atom stereocenters. The molecule has 1 aromatic rings. The summed E-state index contributed by atoms with van der Waals surface area (Å²) in [6.07, 6.45) is 5.88. The first-order chi connectivity index (χ1) is 9.54. The third kappa shape index (κ3) is 2.45. The Morgan fingerprint density at radius 1 is 1.45 bits per heavy atom. The molecule has 0 amide bonds. The zero-order valence-corrected chi connectivity index (χ0v) is 12.0. The number of fused-ring (bicyclic) bond motifs is 2. The molecule has 1 aromatic heterocycles. The fourth-order valence-corrected chi connectivity index (χ4v) is 3.50. The highest BCUT2D eigenvalue weighted by atomic mass is 35.5. The number of nitro groups is 1.